The minimum atomic E-state index is 0.0763. The molecule has 146 valence electrons. The van der Waals surface area contributed by atoms with Crippen molar-refractivity contribution in [3.05, 3.63) is 72.4 Å². The molecule has 0 fully saturated rings. The molecule has 6 heteroatoms. The standard InChI is InChI=1S/C22H28N5O/c1-3-25(4-2)21-12-10-20(11-13-21)23-24-22-14-15-26(16-17-28)27(22)18-19-8-6-5-7-9-19/h5-15,28H,3-4,16-18H2,1-2H3/q+1. The molecule has 6 nitrogen and oxygen atoms in total. The van der Waals surface area contributed by atoms with Gasteiger partial charge in [-0.3, -0.25) is 0 Å². The third kappa shape index (κ3) is 4.84. The summed E-state index contributed by atoms with van der Waals surface area (Å²) in [6, 6.07) is 20.3. The number of hydrogen-bond donors (Lipinski definition) is 1. The van der Waals surface area contributed by atoms with Crippen LogP contribution < -0.4 is 9.58 Å². The van der Waals surface area contributed by atoms with E-state index in [0.717, 1.165) is 24.6 Å². The second-order valence-corrected chi connectivity index (χ2v) is 6.49. The maximum atomic E-state index is 9.35. The lowest BCUT2D eigenvalue weighted by Crippen LogP contribution is -2.44. The Labute approximate surface area is 166 Å². The first-order valence-electron chi connectivity index (χ1n) is 9.76. The van der Waals surface area contributed by atoms with Gasteiger partial charge in [-0.1, -0.05) is 30.3 Å². The number of rotatable bonds is 9. The van der Waals surface area contributed by atoms with Crippen molar-refractivity contribution in [1.82, 2.24) is 4.68 Å². The normalized spacial score (nSPS) is 11.2. The zero-order chi connectivity index (χ0) is 19.8. The summed E-state index contributed by atoms with van der Waals surface area (Å²) in [6.45, 7) is 7.53. The van der Waals surface area contributed by atoms with E-state index in [1.807, 2.05) is 52.0 Å². The van der Waals surface area contributed by atoms with Gasteiger partial charge in [-0.2, -0.15) is 0 Å². The van der Waals surface area contributed by atoms with Gasteiger partial charge >= 0.3 is 0 Å². The summed E-state index contributed by atoms with van der Waals surface area (Å²) >= 11 is 0. The Morgan fingerprint density at radius 2 is 1.64 bits per heavy atom. The van der Waals surface area contributed by atoms with E-state index in [4.69, 9.17) is 0 Å². The van der Waals surface area contributed by atoms with Crippen molar-refractivity contribution >= 4 is 17.2 Å². The fourth-order valence-corrected chi connectivity index (χ4v) is 3.19. The van der Waals surface area contributed by atoms with Gasteiger partial charge in [0.25, 0.3) is 0 Å². The molecule has 2 aromatic carbocycles. The van der Waals surface area contributed by atoms with Gasteiger partial charge in [0.05, 0.1) is 11.8 Å². The van der Waals surface area contributed by atoms with Crippen molar-refractivity contribution in [2.75, 3.05) is 24.6 Å². The Morgan fingerprint density at radius 3 is 2.29 bits per heavy atom. The maximum absolute atomic E-state index is 9.35. The molecular weight excluding hydrogens is 350 g/mol. The Balaban J connectivity index is 1.81. The molecule has 0 radical (unpaired) electrons. The molecule has 3 aromatic rings. The van der Waals surface area contributed by atoms with Gasteiger partial charge in [0, 0.05) is 18.8 Å². The molecule has 0 atom stereocenters. The first kappa shape index (κ1) is 19.8. The van der Waals surface area contributed by atoms with E-state index < -0.39 is 0 Å². The molecule has 28 heavy (non-hydrogen) atoms. The SMILES string of the molecule is CCN(CC)c1ccc(N=Nc2cc[n+](CCO)n2Cc2ccccc2)cc1. The van der Waals surface area contributed by atoms with Crippen molar-refractivity contribution in [2.45, 2.75) is 26.9 Å². The van der Waals surface area contributed by atoms with E-state index in [-0.39, 0.29) is 6.61 Å². The second-order valence-electron chi connectivity index (χ2n) is 6.49. The summed E-state index contributed by atoms with van der Waals surface area (Å²) in [5.41, 5.74) is 3.18. The van der Waals surface area contributed by atoms with Crippen molar-refractivity contribution < 1.29 is 9.79 Å². The molecule has 3 rings (SSSR count). The molecule has 1 aromatic heterocycles. The monoisotopic (exact) mass is 378 g/mol. The molecular formula is C22H28N5O+. The fourth-order valence-electron chi connectivity index (χ4n) is 3.19. The van der Waals surface area contributed by atoms with Crippen LogP contribution in [0.25, 0.3) is 0 Å². The molecule has 0 spiro atoms. The number of azo groups is 1. The maximum Gasteiger partial charge on any atom is 0.215 e. The predicted octanol–water partition coefficient (Wildman–Crippen LogP) is 4.08. The number of benzene rings is 2. The van der Waals surface area contributed by atoms with Crippen molar-refractivity contribution in [1.29, 1.82) is 0 Å². The molecule has 0 amide bonds. The van der Waals surface area contributed by atoms with Crippen LogP contribution in [0.5, 0.6) is 0 Å². The number of hydrogen-bond acceptors (Lipinski definition) is 4. The predicted molar refractivity (Wildman–Crippen MR) is 111 cm³/mol. The van der Waals surface area contributed by atoms with E-state index in [1.165, 1.54) is 11.3 Å². The van der Waals surface area contributed by atoms with Crippen molar-refractivity contribution in [2.24, 2.45) is 10.2 Å². The first-order valence-corrected chi connectivity index (χ1v) is 9.76. The van der Waals surface area contributed by atoms with Crippen LogP contribution in [0, 0.1) is 0 Å². The Bertz CT molecular complexity index is 883. The van der Waals surface area contributed by atoms with Gasteiger partial charge in [-0.05, 0) is 43.7 Å². The molecule has 0 saturated heterocycles. The van der Waals surface area contributed by atoms with Gasteiger partial charge in [0.2, 0.25) is 5.82 Å². The zero-order valence-corrected chi connectivity index (χ0v) is 16.6. The molecule has 1 heterocycles. The Morgan fingerprint density at radius 1 is 0.929 bits per heavy atom. The molecule has 0 aliphatic rings. The van der Waals surface area contributed by atoms with Crippen LogP contribution in [-0.4, -0.2) is 29.5 Å². The van der Waals surface area contributed by atoms with E-state index in [0.29, 0.717) is 13.1 Å². The smallest absolute Gasteiger partial charge is 0.215 e. The number of aliphatic hydroxyl groups excluding tert-OH is 1. The molecule has 0 aliphatic carbocycles. The van der Waals surface area contributed by atoms with E-state index >= 15 is 0 Å². The lowest BCUT2D eigenvalue weighted by molar-refractivity contribution is -0.774. The van der Waals surface area contributed by atoms with Crippen LogP contribution in [0.3, 0.4) is 0 Å². The fraction of sp³-hybridized carbons (Fsp3) is 0.318. The van der Waals surface area contributed by atoms with Crippen LogP contribution in [0.15, 0.2) is 77.1 Å². The number of aromatic nitrogens is 2. The van der Waals surface area contributed by atoms with Crippen LogP contribution in [-0.2, 0) is 13.1 Å². The number of nitrogens with zero attached hydrogens (tertiary/aromatic N) is 5. The van der Waals surface area contributed by atoms with Crippen molar-refractivity contribution in [3.8, 4) is 0 Å². The van der Waals surface area contributed by atoms with Crippen LogP contribution in [0.1, 0.15) is 19.4 Å². The lowest BCUT2D eigenvalue weighted by Gasteiger charge is -2.20. The number of aliphatic hydroxyl groups is 1. The summed E-state index contributed by atoms with van der Waals surface area (Å²) in [5.74, 6) is 0.755. The minimum Gasteiger partial charge on any atom is -0.390 e. The molecule has 0 saturated carbocycles. The molecule has 0 aliphatic heterocycles. The topological polar surface area (TPSA) is 57.0 Å². The average Bonchev–Trinajstić information content (AvgIpc) is 3.11. The minimum absolute atomic E-state index is 0.0763. The van der Waals surface area contributed by atoms with Gasteiger partial charge in [-0.25, -0.2) is 0 Å². The van der Waals surface area contributed by atoms with Gasteiger partial charge in [0.15, 0.2) is 12.7 Å². The van der Waals surface area contributed by atoms with Crippen LogP contribution >= 0.6 is 0 Å². The first-order chi connectivity index (χ1) is 13.7. The van der Waals surface area contributed by atoms with E-state index in [9.17, 15) is 5.11 Å². The Kier molecular flexibility index (Phi) is 6.92. The van der Waals surface area contributed by atoms with E-state index in [1.54, 1.807) is 0 Å². The van der Waals surface area contributed by atoms with Crippen LogP contribution in [0.2, 0.25) is 0 Å². The third-order valence-corrected chi connectivity index (χ3v) is 4.72. The quantitative estimate of drug-likeness (QED) is 0.451. The molecule has 1 N–H and O–H groups in total. The third-order valence-electron chi connectivity index (χ3n) is 4.72. The molecule has 0 bridgehead atoms. The van der Waals surface area contributed by atoms with Gasteiger partial charge in [0.1, 0.15) is 13.2 Å². The zero-order valence-electron chi connectivity index (χ0n) is 16.6. The average molecular weight is 379 g/mol. The second kappa shape index (κ2) is 9.80. The van der Waals surface area contributed by atoms with E-state index in [2.05, 4.69) is 53.2 Å². The van der Waals surface area contributed by atoms with Crippen molar-refractivity contribution in [3.63, 3.8) is 0 Å². The largest absolute Gasteiger partial charge is 0.390 e. The summed E-state index contributed by atoms with van der Waals surface area (Å²) in [5, 5.41) is 18.2. The summed E-state index contributed by atoms with van der Waals surface area (Å²) in [6.07, 6.45) is 1.93. The molecule has 0 unspecified atom stereocenters. The highest BCUT2D eigenvalue weighted by Crippen LogP contribution is 2.22. The summed E-state index contributed by atoms with van der Waals surface area (Å²) < 4.78 is 3.99. The summed E-state index contributed by atoms with van der Waals surface area (Å²) in [7, 11) is 0. The number of anilines is 1. The Hall–Kier alpha value is -2.99. The van der Waals surface area contributed by atoms with Crippen LogP contribution in [0.4, 0.5) is 17.2 Å². The highest BCUT2D eigenvalue weighted by molar-refractivity contribution is 5.52. The van der Waals surface area contributed by atoms with Gasteiger partial charge in [-0.15, -0.1) is 19.6 Å². The summed E-state index contributed by atoms with van der Waals surface area (Å²) in [4.78, 5) is 2.30. The lowest BCUT2D eigenvalue weighted by atomic mass is 10.2. The highest BCUT2D eigenvalue weighted by atomic mass is 16.3. The van der Waals surface area contributed by atoms with Gasteiger partial charge < -0.3 is 10.0 Å². The highest BCUT2D eigenvalue weighted by Gasteiger charge is 2.15.